The molecular weight excluding hydrogens is 264 g/mol. The fourth-order valence-corrected chi connectivity index (χ4v) is 3.63. The Morgan fingerprint density at radius 2 is 1.89 bits per heavy atom. The maximum absolute atomic E-state index is 9.17. The summed E-state index contributed by atoms with van der Waals surface area (Å²) in [6, 6.07) is 13.9. The summed E-state index contributed by atoms with van der Waals surface area (Å²) >= 11 is 2.75. The molecule has 0 atom stereocenters. The summed E-state index contributed by atoms with van der Waals surface area (Å²) in [5.41, 5.74) is 0.438. The first-order valence-electron chi connectivity index (χ1n) is 5.04. The van der Waals surface area contributed by atoms with Gasteiger partial charge in [-0.2, -0.15) is 10.5 Å². The normalized spacial score (nSPS) is 9.50. The molecule has 1 aromatic carbocycles. The molecule has 2 rings (SSSR count). The third-order valence-corrected chi connectivity index (χ3v) is 4.47. The van der Waals surface area contributed by atoms with Gasteiger partial charge < -0.3 is 4.74 Å². The molecule has 0 aliphatic heterocycles. The third kappa shape index (κ3) is 2.33. The SMILES string of the molecule is COc1c(C#N)sc(Sc2ccccc2)c1C#N. The molecular formula is C13H8N2OS2. The van der Waals surface area contributed by atoms with Crippen LogP contribution in [-0.2, 0) is 0 Å². The van der Waals surface area contributed by atoms with Crippen molar-refractivity contribution in [2.75, 3.05) is 7.11 Å². The van der Waals surface area contributed by atoms with Crippen LogP contribution in [-0.4, -0.2) is 7.11 Å². The molecule has 1 heterocycles. The molecule has 0 unspecified atom stereocenters. The highest BCUT2D eigenvalue weighted by Gasteiger charge is 2.19. The molecule has 88 valence electrons. The van der Waals surface area contributed by atoms with Gasteiger partial charge in [0.25, 0.3) is 0 Å². The maximum atomic E-state index is 9.17. The van der Waals surface area contributed by atoms with E-state index in [1.165, 1.54) is 30.2 Å². The molecule has 1 aromatic heterocycles. The van der Waals surface area contributed by atoms with Crippen molar-refractivity contribution in [1.29, 1.82) is 10.5 Å². The van der Waals surface area contributed by atoms with Gasteiger partial charge in [0.2, 0.25) is 0 Å². The second-order valence-electron chi connectivity index (χ2n) is 3.27. The molecule has 2 aromatic rings. The zero-order valence-corrected chi connectivity index (χ0v) is 11.1. The standard InChI is InChI=1S/C13H8N2OS2/c1-16-12-10(7-14)13(18-11(12)8-15)17-9-5-3-2-4-6-9/h2-6H,1H3. The van der Waals surface area contributed by atoms with Crippen LogP contribution in [0.25, 0.3) is 0 Å². The van der Waals surface area contributed by atoms with Crippen LogP contribution in [0, 0.1) is 22.7 Å². The van der Waals surface area contributed by atoms with Crippen LogP contribution >= 0.6 is 23.1 Å². The van der Waals surface area contributed by atoms with Gasteiger partial charge in [-0.1, -0.05) is 30.0 Å². The number of nitriles is 2. The van der Waals surface area contributed by atoms with Gasteiger partial charge in [-0.25, -0.2) is 0 Å². The highest BCUT2D eigenvalue weighted by molar-refractivity contribution is 8.01. The molecule has 0 spiro atoms. The Balaban J connectivity index is 2.44. The van der Waals surface area contributed by atoms with E-state index in [2.05, 4.69) is 12.1 Å². The first kappa shape index (κ1) is 12.5. The summed E-state index contributed by atoms with van der Waals surface area (Å²) in [5.74, 6) is 0.378. The van der Waals surface area contributed by atoms with Crippen LogP contribution in [0.4, 0.5) is 0 Å². The van der Waals surface area contributed by atoms with Crippen LogP contribution in [0.2, 0.25) is 0 Å². The Bertz CT molecular complexity index is 635. The highest BCUT2D eigenvalue weighted by atomic mass is 32.2. The van der Waals surface area contributed by atoms with Gasteiger partial charge in [0, 0.05) is 4.90 Å². The molecule has 3 nitrogen and oxygen atoms in total. The molecule has 0 fully saturated rings. The second-order valence-corrected chi connectivity index (χ2v) is 5.63. The molecule has 0 bridgehead atoms. The van der Waals surface area contributed by atoms with E-state index in [0.717, 1.165) is 9.10 Å². The van der Waals surface area contributed by atoms with Crippen molar-refractivity contribution in [2.45, 2.75) is 9.10 Å². The van der Waals surface area contributed by atoms with Crippen molar-refractivity contribution < 1.29 is 4.74 Å². The molecule has 0 saturated carbocycles. The maximum Gasteiger partial charge on any atom is 0.166 e. The lowest BCUT2D eigenvalue weighted by Crippen LogP contribution is -1.85. The number of methoxy groups -OCH3 is 1. The number of rotatable bonds is 3. The van der Waals surface area contributed by atoms with E-state index in [9.17, 15) is 5.26 Å². The van der Waals surface area contributed by atoms with Gasteiger partial charge in [0.05, 0.1) is 11.3 Å². The van der Waals surface area contributed by atoms with Gasteiger partial charge >= 0.3 is 0 Å². The lowest BCUT2D eigenvalue weighted by Gasteiger charge is -1.99. The van der Waals surface area contributed by atoms with Crippen LogP contribution in [0.1, 0.15) is 10.4 Å². The van der Waals surface area contributed by atoms with Crippen molar-refractivity contribution in [3.05, 3.63) is 40.8 Å². The zero-order valence-electron chi connectivity index (χ0n) is 9.51. The van der Waals surface area contributed by atoms with E-state index in [0.29, 0.717) is 16.2 Å². The molecule has 18 heavy (non-hydrogen) atoms. The van der Waals surface area contributed by atoms with Crippen molar-refractivity contribution in [3.8, 4) is 17.9 Å². The lowest BCUT2D eigenvalue weighted by molar-refractivity contribution is 0.413. The van der Waals surface area contributed by atoms with Gasteiger partial charge in [0.1, 0.15) is 22.6 Å². The minimum Gasteiger partial charge on any atom is -0.493 e. The Morgan fingerprint density at radius 1 is 1.17 bits per heavy atom. The third-order valence-electron chi connectivity index (χ3n) is 2.20. The van der Waals surface area contributed by atoms with Crippen molar-refractivity contribution in [2.24, 2.45) is 0 Å². The fourth-order valence-electron chi connectivity index (χ4n) is 1.43. The van der Waals surface area contributed by atoms with E-state index < -0.39 is 0 Å². The zero-order chi connectivity index (χ0) is 13.0. The average molecular weight is 272 g/mol. The largest absolute Gasteiger partial charge is 0.493 e. The summed E-state index contributed by atoms with van der Waals surface area (Å²) in [4.78, 5) is 1.47. The minimum atomic E-state index is 0.378. The van der Waals surface area contributed by atoms with Crippen LogP contribution in [0.3, 0.4) is 0 Å². The summed E-state index contributed by atoms with van der Waals surface area (Å²) in [7, 11) is 1.47. The first-order chi connectivity index (χ1) is 8.80. The first-order valence-corrected chi connectivity index (χ1v) is 6.67. The molecule has 0 aliphatic rings. The number of hydrogen-bond acceptors (Lipinski definition) is 5. The Morgan fingerprint density at radius 3 is 2.44 bits per heavy atom. The summed E-state index contributed by atoms with van der Waals surface area (Å²) in [6.45, 7) is 0. The molecule has 0 radical (unpaired) electrons. The van der Waals surface area contributed by atoms with Crippen LogP contribution in [0.5, 0.6) is 5.75 Å². The number of hydrogen-bond donors (Lipinski definition) is 0. The fraction of sp³-hybridized carbons (Fsp3) is 0.0769. The van der Waals surface area contributed by atoms with E-state index >= 15 is 0 Å². The quantitative estimate of drug-likeness (QED) is 0.855. The van der Waals surface area contributed by atoms with Crippen molar-refractivity contribution >= 4 is 23.1 Å². The number of benzene rings is 1. The van der Waals surface area contributed by atoms with E-state index in [-0.39, 0.29) is 0 Å². The van der Waals surface area contributed by atoms with Gasteiger partial charge in [-0.05, 0) is 12.1 Å². The van der Waals surface area contributed by atoms with Gasteiger partial charge in [-0.3, -0.25) is 0 Å². The van der Waals surface area contributed by atoms with E-state index in [1.54, 1.807) is 0 Å². The summed E-state index contributed by atoms with van der Waals surface area (Å²) in [6.07, 6.45) is 0. The molecule has 5 heteroatoms. The topological polar surface area (TPSA) is 56.8 Å². The Kier molecular flexibility index (Phi) is 3.88. The average Bonchev–Trinajstić information content (AvgIpc) is 2.76. The van der Waals surface area contributed by atoms with E-state index in [1.807, 2.05) is 30.3 Å². The predicted octanol–water partition coefficient (Wildman–Crippen LogP) is 3.65. The number of nitrogens with zero attached hydrogens (tertiary/aromatic N) is 2. The predicted molar refractivity (Wildman–Crippen MR) is 70.9 cm³/mol. The highest BCUT2D eigenvalue weighted by Crippen LogP contribution is 2.43. The van der Waals surface area contributed by atoms with Crippen molar-refractivity contribution in [3.63, 3.8) is 0 Å². The summed E-state index contributed by atoms with van der Waals surface area (Å²) in [5, 5.41) is 18.2. The van der Waals surface area contributed by atoms with Gasteiger partial charge in [-0.15, -0.1) is 11.3 Å². The molecule has 0 saturated heterocycles. The molecule has 0 amide bonds. The van der Waals surface area contributed by atoms with Crippen LogP contribution < -0.4 is 4.74 Å². The van der Waals surface area contributed by atoms with Crippen LogP contribution in [0.15, 0.2) is 39.4 Å². The number of thiophene rings is 1. The van der Waals surface area contributed by atoms with Gasteiger partial charge in [0.15, 0.2) is 5.75 Å². The smallest absolute Gasteiger partial charge is 0.166 e. The Hall–Kier alpha value is -1.95. The lowest BCUT2D eigenvalue weighted by atomic mass is 10.3. The molecule has 0 aliphatic carbocycles. The van der Waals surface area contributed by atoms with Crippen molar-refractivity contribution in [1.82, 2.24) is 0 Å². The monoisotopic (exact) mass is 272 g/mol. The minimum absolute atomic E-state index is 0.378. The Labute approximate surface area is 113 Å². The number of ether oxygens (including phenoxy) is 1. The second kappa shape index (κ2) is 5.59. The molecule has 0 N–H and O–H groups in total. The summed E-state index contributed by atoms with van der Waals surface area (Å²) < 4.78 is 5.92. The van der Waals surface area contributed by atoms with E-state index in [4.69, 9.17) is 10.00 Å².